The van der Waals surface area contributed by atoms with Gasteiger partial charge in [0.1, 0.15) is 26.4 Å². The maximum Gasteiger partial charge on any atom is 0.162 e. The topological polar surface area (TPSA) is 36.9 Å². The van der Waals surface area contributed by atoms with Gasteiger partial charge >= 0.3 is 0 Å². The van der Waals surface area contributed by atoms with Crippen LogP contribution < -0.4 is 18.9 Å². The molecule has 6 aromatic carbocycles. The maximum atomic E-state index is 6.53. The summed E-state index contributed by atoms with van der Waals surface area (Å²) in [5.74, 6) is 3.87. The van der Waals surface area contributed by atoms with Crippen molar-refractivity contribution in [3.8, 4) is 23.0 Å². The smallest absolute Gasteiger partial charge is 0.162 e. The molecule has 0 aliphatic heterocycles. The minimum Gasteiger partial charge on any atom is -0.485 e. The Morgan fingerprint density at radius 2 is 0.554 bits per heavy atom. The fraction of sp³-hybridized carbons (Fsp3) is 0.192. The van der Waals surface area contributed by atoms with Gasteiger partial charge in [-0.1, -0.05) is 156 Å². The molecule has 4 nitrogen and oxygen atoms in total. The van der Waals surface area contributed by atoms with Crippen molar-refractivity contribution in [2.24, 2.45) is 11.8 Å². The van der Waals surface area contributed by atoms with Gasteiger partial charge in [-0.2, -0.15) is 0 Å². The summed E-state index contributed by atoms with van der Waals surface area (Å²) in [5, 5.41) is 0. The van der Waals surface area contributed by atoms with E-state index in [0.29, 0.717) is 38.3 Å². The van der Waals surface area contributed by atoms with E-state index in [4.69, 9.17) is 18.9 Å². The molecule has 4 heteroatoms. The van der Waals surface area contributed by atoms with Gasteiger partial charge in [-0.05, 0) is 94.5 Å². The van der Waals surface area contributed by atoms with E-state index in [-0.39, 0.29) is 0 Å². The maximum absolute atomic E-state index is 6.53. The Hall–Kier alpha value is -6.26. The van der Waals surface area contributed by atoms with Crippen LogP contribution in [-0.4, -0.2) is 0 Å². The lowest BCUT2D eigenvalue weighted by atomic mass is 9.60. The second-order valence-corrected chi connectivity index (χ2v) is 15.4. The number of hydrogen-bond acceptors (Lipinski definition) is 4. The van der Waals surface area contributed by atoms with E-state index in [1.165, 1.54) is 22.3 Å². The van der Waals surface area contributed by atoms with Crippen LogP contribution in [0.1, 0.15) is 44.5 Å². The van der Waals surface area contributed by atoms with Gasteiger partial charge in [-0.3, -0.25) is 0 Å². The molecule has 6 aromatic rings. The quantitative estimate of drug-likeness (QED) is 0.117. The molecule has 0 unspecified atom stereocenters. The number of rotatable bonds is 12. The highest BCUT2D eigenvalue weighted by Crippen LogP contribution is 2.54. The lowest BCUT2D eigenvalue weighted by Crippen LogP contribution is -2.33. The Balaban J connectivity index is 0.928. The lowest BCUT2D eigenvalue weighted by molar-refractivity contribution is 0.255. The van der Waals surface area contributed by atoms with Crippen LogP contribution in [0.2, 0.25) is 0 Å². The molecule has 5 aliphatic carbocycles. The Kier molecular flexibility index (Phi) is 9.24. The van der Waals surface area contributed by atoms with Gasteiger partial charge in [-0.15, -0.1) is 0 Å². The molecule has 0 saturated carbocycles. The minimum absolute atomic E-state index is 0.316. The fourth-order valence-electron chi connectivity index (χ4n) is 8.96. The van der Waals surface area contributed by atoms with Crippen molar-refractivity contribution in [1.82, 2.24) is 0 Å². The zero-order valence-electron chi connectivity index (χ0n) is 31.5. The number of ether oxygens (including phenoxy) is 4. The Morgan fingerprint density at radius 3 is 0.786 bits per heavy atom. The molecule has 11 rings (SSSR count). The van der Waals surface area contributed by atoms with E-state index in [9.17, 15) is 0 Å². The fourth-order valence-corrected chi connectivity index (χ4v) is 8.96. The highest BCUT2D eigenvalue weighted by molar-refractivity contribution is 5.62. The molecule has 0 atom stereocenters. The van der Waals surface area contributed by atoms with E-state index in [2.05, 4.69) is 133 Å². The van der Waals surface area contributed by atoms with E-state index in [1.54, 1.807) is 22.3 Å². The van der Waals surface area contributed by atoms with Gasteiger partial charge in [0.15, 0.2) is 23.0 Å². The molecule has 0 aromatic heterocycles. The lowest BCUT2D eigenvalue weighted by Gasteiger charge is -2.45. The second kappa shape index (κ2) is 15.1. The van der Waals surface area contributed by atoms with Crippen LogP contribution in [0.3, 0.4) is 0 Å². The summed E-state index contributed by atoms with van der Waals surface area (Å²) in [6.07, 6.45) is 8.67. The van der Waals surface area contributed by atoms with Crippen LogP contribution in [0.4, 0.5) is 0 Å². The van der Waals surface area contributed by atoms with Gasteiger partial charge in [0.2, 0.25) is 0 Å². The van der Waals surface area contributed by atoms with Crippen molar-refractivity contribution < 1.29 is 18.9 Å². The molecule has 0 heterocycles. The minimum atomic E-state index is 0.316. The first-order chi connectivity index (χ1) is 27.7. The molecular weight excluding hydrogens is 689 g/mol. The summed E-state index contributed by atoms with van der Waals surface area (Å²) >= 11 is 0. The summed E-state index contributed by atoms with van der Waals surface area (Å²) < 4.78 is 26.1. The van der Waals surface area contributed by atoms with Gasteiger partial charge in [0.05, 0.1) is 0 Å². The Morgan fingerprint density at radius 1 is 0.321 bits per heavy atom. The number of fused-ring (bicyclic) bond motifs is 2. The molecule has 0 saturated heterocycles. The first-order valence-electron chi connectivity index (χ1n) is 19.8. The number of hydrogen-bond donors (Lipinski definition) is 0. The van der Waals surface area contributed by atoms with E-state index < -0.39 is 0 Å². The van der Waals surface area contributed by atoms with Crippen LogP contribution in [0.15, 0.2) is 180 Å². The third-order valence-electron chi connectivity index (χ3n) is 11.8. The van der Waals surface area contributed by atoms with Crippen molar-refractivity contribution in [1.29, 1.82) is 0 Å². The summed E-state index contributed by atoms with van der Waals surface area (Å²) in [4.78, 5) is 0. The molecule has 0 amide bonds. The standard InChI is InChI=1S/C52H44O4/c1-5-13-35(14-6-1)31-53-49-27-39-23-45-43-21-22-44(46(45)24-40(39)28-50(49)54-32-36-15-7-2-8-16-36)48-26-42-30-52(56-34-38-19-11-4-12-20-38)51(29-41(42)25-47(43)48)55-33-37-17-9-3-10-18-37/h1-22,27-30,43-44H,23-26,31-34H2. The highest BCUT2D eigenvalue weighted by Gasteiger charge is 2.41. The Labute approximate surface area is 329 Å². The summed E-state index contributed by atoms with van der Waals surface area (Å²) in [6.45, 7) is 1.98. The van der Waals surface area contributed by atoms with Gasteiger partial charge in [0, 0.05) is 11.8 Å². The normalized spacial score (nSPS) is 17.4. The van der Waals surface area contributed by atoms with Crippen molar-refractivity contribution in [2.75, 3.05) is 0 Å². The highest BCUT2D eigenvalue weighted by atomic mass is 16.5. The first-order valence-corrected chi connectivity index (χ1v) is 19.8. The molecule has 2 bridgehead atoms. The molecular formula is C52H44O4. The predicted octanol–water partition coefficient (Wildman–Crippen LogP) is 11.3. The third kappa shape index (κ3) is 6.92. The predicted molar refractivity (Wildman–Crippen MR) is 221 cm³/mol. The third-order valence-corrected chi connectivity index (χ3v) is 11.8. The van der Waals surface area contributed by atoms with E-state index in [1.807, 2.05) is 24.3 Å². The molecule has 0 spiro atoms. The average molecular weight is 733 g/mol. The van der Waals surface area contributed by atoms with Crippen LogP contribution in [0.25, 0.3) is 0 Å². The van der Waals surface area contributed by atoms with Crippen LogP contribution in [0.5, 0.6) is 23.0 Å². The van der Waals surface area contributed by atoms with Crippen LogP contribution in [0, 0.1) is 11.8 Å². The van der Waals surface area contributed by atoms with Crippen molar-refractivity contribution in [3.05, 3.63) is 225 Å². The number of allylic oxidation sites excluding steroid dienone is 6. The van der Waals surface area contributed by atoms with Gasteiger partial charge in [0.25, 0.3) is 0 Å². The summed E-state index contributed by atoms with van der Waals surface area (Å²) in [7, 11) is 0. The van der Waals surface area contributed by atoms with Gasteiger partial charge in [-0.25, -0.2) is 0 Å². The monoisotopic (exact) mass is 732 g/mol. The summed E-state index contributed by atoms with van der Waals surface area (Å²) in [5.41, 5.74) is 16.2. The largest absolute Gasteiger partial charge is 0.485 e. The summed E-state index contributed by atoms with van der Waals surface area (Å²) in [6, 6.07) is 50.5. The Bertz CT molecular complexity index is 2120. The van der Waals surface area contributed by atoms with Crippen molar-refractivity contribution in [3.63, 3.8) is 0 Å². The molecule has 0 radical (unpaired) electrons. The van der Waals surface area contributed by atoms with Crippen molar-refractivity contribution in [2.45, 2.75) is 52.1 Å². The van der Waals surface area contributed by atoms with Crippen LogP contribution >= 0.6 is 0 Å². The molecule has 0 fully saturated rings. The number of benzene rings is 6. The van der Waals surface area contributed by atoms with Crippen molar-refractivity contribution >= 4 is 0 Å². The zero-order chi connectivity index (χ0) is 37.3. The van der Waals surface area contributed by atoms with Gasteiger partial charge < -0.3 is 18.9 Å². The SMILES string of the molecule is C1=CC2C3=C(Cc4cc(OCc5ccccc5)c(OCc5ccccc5)cc4C3)C1C1=C2Cc2cc(OCc3ccccc3)c(OCc3ccccc3)cc2C1. The molecule has 0 N–H and O–H groups in total. The van der Waals surface area contributed by atoms with E-state index in [0.717, 1.165) is 70.9 Å². The first kappa shape index (κ1) is 34.2. The zero-order valence-corrected chi connectivity index (χ0v) is 31.5. The van der Waals surface area contributed by atoms with Crippen LogP contribution in [-0.2, 0) is 52.1 Å². The average Bonchev–Trinajstić information content (AvgIpc) is 3.26. The van der Waals surface area contributed by atoms with E-state index >= 15 is 0 Å². The second-order valence-electron chi connectivity index (χ2n) is 15.4. The molecule has 5 aliphatic rings. The molecule has 276 valence electrons. The molecule has 56 heavy (non-hydrogen) atoms.